The van der Waals surface area contributed by atoms with Crippen molar-refractivity contribution in [2.45, 2.75) is 46.0 Å². The van der Waals surface area contributed by atoms with E-state index in [-0.39, 0.29) is 0 Å². The quantitative estimate of drug-likeness (QED) is 0.761. The molecule has 2 nitrogen and oxygen atoms in total. The van der Waals surface area contributed by atoms with Gasteiger partial charge in [-0.1, -0.05) is 32.9 Å². The fourth-order valence-electron chi connectivity index (χ4n) is 3.62. The maximum atomic E-state index is 5.38. The van der Waals surface area contributed by atoms with Gasteiger partial charge in [-0.2, -0.15) is 0 Å². The monoisotopic (exact) mass is 289 g/mol. The number of hydrogen-bond donors (Lipinski definition) is 0. The summed E-state index contributed by atoms with van der Waals surface area (Å²) >= 11 is 0. The summed E-state index contributed by atoms with van der Waals surface area (Å²) in [5, 5.41) is 0. The highest BCUT2D eigenvalue weighted by molar-refractivity contribution is 5.31. The minimum absolute atomic E-state index is 0.624. The third kappa shape index (κ3) is 4.47. The van der Waals surface area contributed by atoms with Gasteiger partial charge >= 0.3 is 0 Å². The molecule has 2 rings (SSSR count). The Morgan fingerprint density at radius 3 is 2.62 bits per heavy atom. The fraction of sp³-hybridized carbons (Fsp3) is 0.684. The molecule has 0 N–H and O–H groups in total. The molecule has 1 saturated heterocycles. The van der Waals surface area contributed by atoms with Gasteiger partial charge in [0.15, 0.2) is 0 Å². The first kappa shape index (κ1) is 16.4. The van der Waals surface area contributed by atoms with Crippen LogP contribution >= 0.6 is 0 Å². The van der Waals surface area contributed by atoms with Crippen LogP contribution in [0.15, 0.2) is 24.3 Å². The van der Waals surface area contributed by atoms with E-state index in [0.717, 1.165) is 11.7 Å². The summed E-state index contributed by atoms with van der Waals surface area (Å²) in [4.78, 5) is 2.66. The van der Waals surface area contributed by atoms with Gasteiger partial charge < -0.3 is 9.64 Å². The molecule has 0 saturated carbocycles. The topological polar surface area (TPSA) is 12.5 Å². The lowest BCUT2D eigenvalue weighted by Gasteiger charge is -2.34. The van der Waals surface area contributed by atoms with Crippen LogP contribution in [0.5, 0.6) is 5.75 Å². The van der Waals surface area contributed by atoms with E-state index in [1.807, 2.05) is 6.07 Å². The average molecular weight is 289 g/mol. The number of piperidine rings is 1. The highest BCUT2D eigenvalue weighted by atomic mass is 16.5. The summed E-state index contributed by atoms with van der Waals surface area (Å²) in [6.45, 7) is 10.9. The van der Waals surface area contributed by atoms with E-state index in [2.05, 4.69) is 43.9 Å². The SMILES string of the molecule is CCC(c1cccc(OC)c1)C(C)CN1CCC(C)CC1. The summed E-state index contributed by atoms with van der Waals surface area (Å²) in [5.74, 6) is 3.21. The predicted octanol–water partition coefficient (Wildman–Crippen LogP) is 4.56. The molecule has 1 aromatic rings. The maximum Gasteiger partial charge on any atom is 0.119 e. The number of likely N-dealkylation sites (tertiary alicyclic amines) is 1. The van der Waals surface area contributed by atoms with Gasteiger partial charge in [0.1, 0.15) is 5.75 Å². The number of hydrogen-bond acceptors (Lipinski definition) is 2. The number of ether oxygens (including phenoxy) is 1. The van der Waals surface area contributed by atoms with Gasteiger partial charge in [0.2, 0.25) is 0 Å². The van der Waals surface area contributed by atoms with Crippen molar-refractivity contribution < 1.29 is 4.74 Å². The summed E-state index contributed by atoms with van der Waals surface area (Å²) < 4.78 is 5.38. The van der Waals surface area contributed by atoms with Crippen molar-refractivity contribution in [2.24, 2.45) is 11.8 Å². The van der Waals surface area contributed by atoms with Gasteiger partial charge in [-0.25, -0.2) is 0 Å². The third-order valence-electron chi connectivity index (χ3n) is 5.07. The van der Waals surface area contributed by atoms with E-state index in [1.165, 1.54) is 44.5 Å². The van der Waals surface area contributed by atoms with Crippen LogP contribution in [-0.2, 0) is 0 Å². The van der Waals surface area contributed by atoms with Gasteiger partial charge in [-0.15, -0.1) is 0 Å². The van der Waals surface area contributed by atoms with Gasteiger partial charge in [0, 0.05) is 6.54 Å². The van der Waals surface area contributed by atoms with Crippen LogP contribution < -0.4 is 4.74 Å². The standard InChI is InChI=1S/C19H31NO/c1-5-19(17-7-6-8-18(13-17)21-4)16(3)14-20-11-9-15(2)10-12-20/h6-8,13,15-16,19H,5,9-12,14H2,1-4H3. The number of benzene rings is 1. The zero-order chi connectivity index (χ0) is 15.2. The van der Waals surface area contributed by atoms with Crippen LogP contribution in [-0.4, -0.2) is 31.6 Å². The van der Waals surface area contributed by atoms with Crippen molar-refractivity contribution >= 4 is 0 Å². The highest BCUT2D eigenvalue weighted by Gasteiger charge is 2.23. The van der Waals surface area contributed by atoms with Crippen LogP contribution in [0.4, 0.5) is 0 Å². The summed E-state index contributed by atoms with van der Waals surface area (Å²) in [6, 6.07) is 8.62. The largest absolute Gasteiger partial charge is 0.497 e. The number of rotatable bonds is 6. The zero-order valence-electron chi connectivity index (χ0n) is 14.1. The molecule has 0 bridgehead atoms. The molecule has 0 aromatic heterocycles. The van der Waals surface area contributed by atoms with Gasteiger partial charge in [0.05, 0.1) is 7.11 Å². The van der Waals surface area contributed by atoms with E-state index in [4.69, 9.17) is 4.74 Å². The molecule has 21 heavy (non-hydrogen) atoms. The van der Waals surface area contributed by atoms with Crippen molar-refractivity contribution in [1.29, 1.82) is 0 Å². The molecule has 1 aromatic carbocycles. The molecule has 2 unspecified atom stereocenters. The highest BCUT2D eigenvalue weighted by Crippen LogP contribution is 2.31. The molecule has 1 aliphatic rings. The molecule has 2 heteroatoms. The first-order valence-corrected chi connectivity index (χ1v) is 8.50. The fourth-order valence-corrected chi connectivity index (χ4v) is 3.62. The summed E-state index contributed by atoms with van der Waals surface area (Å²) in [5.41, 5.74) is 1.43. The van der Waals surface area contributed by atoms with Crippen molar-refractivity contribution in [3.63, 3.8) is 0 Å². The lowest BCUT2D eigenvalue weighted by molar-refractivity contribution is 0.161. The minimum atomic E-state index is 0.624. The summed E-state index contributed by atoms with van der Waals surface area (Å²) in [7, 11) is 1.75. The Morgan fingerprint density at radius 2 is 2.00 bits per heavy atom. The van der Waals surface area contributed by atoms with E-state index in [1.54, 1.807) is 7.11 Å². The van der Waals surface area contributed by atoms with Gasteiger partial charge in [-0.3, -0.25) is 0 Å². The van der Waals surface area contributed by atoms with Crippen LogP contribution in [0.1, 0.15) is 51.5 Å². The van der Waals surface area contributed by atoms with E-state index < -0.39 is 0 Å². The van der Waals surface area contributed by atoms with Crippen molar-refractivity contribution in [2.75, 3.05) is 26.7 Å². The first-order chi connectivity index (χ1) is 10.1. The molecular formula is C19H31NO. The van der Waals surface area contributed by atoms with Crippen LogP contribution in [0.2, 0.25) is 0 Å². The van der Waals surface area contributed by atoms with E-state index in [0.29, 0.717) is 11.8 Å². The van der Waals surface area contributed by atoms with Gasteiger partial charge in [-0.05, 0) is 67.8 Å². The van der Waals surface area contributed by atoms with Crippen LogP contribution in [0, 0.1) is 11.8 Å². The number of methoxy groups -OCH3 is 1. The Labute approximate surface area is 130 Å². The molecule has 0 spiro atoms. The second-order valence-electron chi connectivity index (χ2n) is 6.75. The Balaban J connectivity index is 1.99. The molecule has 1 aliphatic heterocycles. The molecule has 118 valence electrons. The van der Waals surface area contributed by atoms with Crippen molar-refractivity contribution in [3.8, 4) is 5.75 Å². The first-order valence-electron chi connectivity index (χ1n) is 8.50. The molecule has 0 amide bonds. The zero-order valence-corrected chi connectivity index (χ0v) is 14.1. The summed E-state index contributed by atoms with van der Waals surface area (Å²) in [6.07, 6.45) is 3.92. The van der Waals surface area contributed by atoms with Crippen molar-refractivity contribution in [3.05, 3.63) is 29.8 Å². The lowest BCUT2D eigenvalue weighted by atomic mass is 9.84. The Bertz CT molecular complexity index is 423. The van der Waals surface area contributed by atoms with Crippen LogP contribution in [0.3, 0.4) is 0 Å². The second-order valence-corrected chi connectivity index (χ2v) is 6.75. The third-order valence-corrected chi connectivity index (χ3v) is 5.07. The average Bonchev–Trinajstić information content (AvgIpc) is 2.50. The minimum Gasteiger partial charge on any atom is -0.497 e. The van der Waals surface area contributed by atoms with E-state index in [9.17, 15) is 0 Å². The molecule has 0 aliphatic carbocycles. The molecule has 1 heterocycles. The van der Waals surface area contributed by atoms with Crippen molar-refractivity contribution in [1.82, 2.24) is 4.90 Å². The van der Waals surface area contributed by atoms with E-state index >= 15 is 0 Å². The molecule has 2 atom stereocenters. The smallest absolute Gasteiger partial charge is 0.119 e. The van der Waals surface area contributed by atoms with Crippen LogP contribution in [0.25, 0.3) is 0 Å². The Hall–Kier alpha value is -1.02. The molecule has 1 fully saturated rings. The normalized spacial score (nSPS) is 20.2. The lowest BCUT2D eigenvalue weighted by Crippen LogP contribution is -2.37. The Kier molecular flexibility index (Phi) is 6.10. The molecule has 0 radical (unpaired) electrons. The predicted molar refractivity (Wildman–Crippen MR) is 90.0 cm³/mol. The Morgan fingerprint density at radius 1 is 1.29 bits per heavy atom. The maximum absolute atomic E-state index is 5.38. The van der Waals surface area contributed by atoms with Gasteiger partial charge in [0.25, 0.3) is 0 Å². The molecular weight excluding hydrogens is 258 g/mol. The number of nitrogens with zero attached hydrogens (tertiary/aromatic N) is 1. The second kappa shape index (κ2) is 7.84.